The quantitative estimate of drug-likeness (QED) is 0.699. The van der Waals surface area contributed by atoms with Gasteiger partial charge >= 0.3 is 0 Å². The molecule has 0 spiro atoms. The number of halogens is 1. The number of aromatic nitrogens is 1. The molecule has 4 nitrogen and oxygen atoms in total. The molecule has 2 N–H and O–H groups in total. The van der Waals surface area contributed by atoms with Gasteiger partial charge in [-0.15, -0.1) is 0 Å². The van der Waals surface area contributed by atoms with Crippen LogP contribution >= 0.6 is 11.6 Å². The van der Waals surface area contributed by atoms with Gasteiger partial charge in [0.05, 0.1) is 0 Å². The number of rotatable bonds is 6. The predicted molar refractivity (Wildman–Crippen MR) is 99.4 cm³/mol. The van der Waals surface area contributed by atoms with E-state index in [1.165, 1.54) is 5.41 Å². The molecule has 3 rings (SSSR count). The summed E-state index contributed by atoms with van der Waals surface area (Å²) < 4.78 is 26.7. The van der Waals surface area contributed by atoms with Crippen LogP contribution in [-0.4, -0.2) is 19.9 Å². The summed E-state index contributed by atoms with van der Waals surface area (Å²) in [7, 11) is -3.47. The summed E-state index contributed by atoms with van der Waals surface area (Å²) in [5.74, 6) is 0. The van der Waals surface area contributed by atoms with Crippen molar-refractivity contribution in [2.24, 2.45) is 0 Å². The number of H-pyrrole nitrogens is 1. The molecule has 3 aromatic rings. The minimum atomic E-state index is -3.47. The number of nitrogens with one attached hydrogen (secondary N) is 2. The van der Waals surface area contributed by atoms with Crippen molar-refractivity contribution in [1.29, 1.82) is 0 Å². The number of hydrogen-bond acceptors (Lipinski definition) is 2. The largest absolute Gasteiger partial charge is 0.361 e. The molecule has 0 aliphatic carbocycles. The summed E-state index contributed by atoms with van der Waals surface area (Å²) in [4.78, 5) is 3.19. The van der Waals surface area contributed by atoms with E-state index in [2.05, 4.69) is 9.71 Å². The second-order valence-electron chi connectivity index (χ2n) is 5.40. The molecular formula is C18H17ClN2O2S. The third kappa shape index (κ3) is 4.26. The third-order valence-corrected chi connectivity index (χ3v) is 5.04. The van der Waals surface area contributed by atoms with Gasteiger partial charge in [-0.1, -0.05) is 41.9 Å². The minimum absolute atomic E-state index is 0.342. The second-order valence-corrected chi connectivity index (χ2v) is 7.49. The topological polar surface area (TPSA) is 62.0 Å². The van der Waals surface area contributed by atoms with Crippen molar-refractivity contribution >= 4 is 38.6 Å². The van der Waals surface area contributed by atoms with E-state index < -0.39 is 10.0 Å². The van der Waals surface area contributed by atoms with Crippen molar-refractivity contribution in [3.63, 3.8) is 0 Å². The fraction of sp³-hybridized carbons (Fsp3) is 0.111. The van der Waals surface area contributed by atoms with Gasteiger partial charge in [0.25, 0.3) is 0 Å². The van der Waals surface area contributed by atoms with Gasteiger partial charge in [-0.3, -0.25) is 0 Å². The molecule has 0 unspecified atom stereocenters. The van der Waals surface area contributed by atoms with E-state index in [-0.39, 0.29) is 0 Å². The molecule has 0 saturated carbocycles. The SMILES string of the molecule is O=S(=O)(/C=C/c1ccc(Cl)cc1)NCCc1c[nH]c2ccccc12. The highest BCUT2D eigenvalue weighted by atomic mass is 35.5. The molecule has 0 radical (unpaired) electrons. The molecule has 0 atom stereocenters. The van der Waals surface area contributed by atoms with E-state index in [4.69, 9.17) is 11.6 Å². The molecule has 0 amide bonds. The highest BCUT2D eigenvalue weighted by Crippen LogP contribution is 2.17. The van der Waals surface area contributed by atoms with Gasteiger partial charge in [0.1, 0.15) is 0 Å². The predicted octanol–water partition coefficient (Wildman–Crippen LogP) is 3.95. The fourth-order valence-electron chi connectivity index (χ4n) is 2.46. The van der Waals surface area contributed by atoms with Gasteiger partial charge in [-0.25, -0.2) is 13.1 Å². The van der Waals surface area contributed by atoms with Gasteiger partial charge in [-0.2, -0.15) is 0 Å². The molecule has 24 heavy (non-hydrogen) atoms. The molecule has 0 aliphatic heterocycles. The lowest BCUT2D eigenvalue weighted by molar-refractivity contribution is 0.591. The van der Waals surface area contributed by atoms with Crippen LogP contribution in [0, 0.1) is 0 Å². The Hall–Kier alpha value is -2.08. The smallest absolute Gasteiger partial charge is 0.233 e. The maximum absolute atomic E-state index is 12.0. The van der Waals surface area contributed by atoms with Crippen LogP contribution in [0.15, 0.2) is 60.1 Å². The van der Waals surface area contributed by atoms with Crippen molar-refractivity contribution in [2.75, 3.05) is 6.54 Å². The Kier molecular flexibility index (Phi) is 5.04. The Labute approximate surface area is 146 Å². The lowest BCUT2D eigenvalue weighted by Crippen LogP contribution is -2.23. The summed E-state index contributed by atoms with van der Waals surface area (Å²) in [6.45, 7) is 0.342. The van der Waals surface area contributed by atoms with Gasteiger partial charge in [-0.05, 0) is 41.8 Å². The second kappa shape index (κ2) is 7.21. The molecule has 1 heterocycles. The van der Waals surface area contributed by atoms with E-state index >= 15 is 0 Å². The van der Waals surface area contributed by atoms with Crippen molar-refractivity contribution < 1.29 is 8.42 Å². The van der Waals surface area contributed by atoms with Crippen molar-refractivity contribution in [1.82, 2.24) is 9.71 Å². The Balaban J connectivity index is 1.60. The highest BCUT2D eigenvalue weighted by molar-refractivity contribution is 7.92. The number of para-hydroxylation sites is 1. The number of aromatic amines is 1. The standard InChI is InChI=1S/C18H17ClN2O2S/c19-16-7-5-14(6-8-16)10-12-24(22,23)21-11-9-15-13-20-18-4-2-1-3-17(15)18/h1-8,10,12-13,20-21H,9,11H2/b12-10+. The van der Waals surface area contributed by atoms with E-state index in [0.717, 1.165) is 22.0 Å². The molecule has 0 aliphatic rings. The first-order valence-corrected chi connectivity index (χ1v) is 9.44. The first kappa shape index (κ1) is 16.8. The average Bonchev–Trinajstić information content (AvgIpc) is 2.98. The van der Waals surface area contributed by atoms with Crippen LogP contribution in [0.25, 0.3) is 17.0 Å². The molecule has 0 fully saturated rings. The van der Waals surface area contributed by atoms with Crippen LogP contribution in [0.5, 0.6) is 0 Å². The summed E-state index contributed by atoms with van der Waals surface area (Å²) >= 11 is 5.80. The summed E-state index contributed by atoms with van der Waals surface area (Å²) in [5.41, 5.74) is 2.93. The van der Waals surface area contributed by atoms with Gasteiger partial charge in [0, 0.05) is 34.1 Å². The number of hydrogen-bond donors (Lipinski definition) is 2. The van der Waals surface area contributed by atoms with E-state index in [1.807, 2.05) is 30.5 Å². The Morgan fingerprint density at radius 1 is 1.08 bits per heavy atom. The zero-order valence-electron chi connectivity index (χ0n) is 12.9. The van der Waals surface area contributed by atoms with Crippen LogP contribution in [0.2, 0.25) is 5.02 Å². The number of sulfonamides is 1. The van der Waals surface area contributed by atoms with E-state index in [1.54, 1.807) is 30.3 Å². The average molecular weight is 361 g/mol. The molecule has 124 valence electrons. The number of fused-ring (bicyclic) bond motifs is 1. The highest BCUT2D eigenvalue weighted by Gasteiger charge is 2.07. The molecular weight excluding hydrogens is 344 g/mol. The van der Waals surface area contributed by atoms with E-state index in [0.29, 0.717) is 18.0 Å². The fourth-order valence-corrected chi connectivity index (χ4v) is 3.40. The summed E-state index contributed by atoms with van der Waals surface area (Å²) in [6.07, 6.45) is 4.09. The number of benzene rings is 2. The third-order valence-electron chi connectivity index (χ3n) is 3.68. The Bertz CT molecular complexity index is 960. The van der Waals surface area contributed by atoms with Crippen LogP contribution in [0.4, 0.5) is 0 Å². The first-order valence-electron chi connectivity index (χ1n) is 7.52. The van der Waals surface area contributed by atoms with Gasteiger partial charge in [0.2, 0.25) is 10.0 Å². The normalized spacial score (nSPS) is 12.2. The lowest BCUT2D eigenvalue weighted by atomic mass is 10.1. The zero-order chi connectivity index (χ0) is 17.0. The van der Waals surface area contributed by atoms with Crippen LogP contribution < -0.4 is 4.72 Å². The monoisotopic (exact) mass is 360 g/mol. The van der Waals surface area contributed by atoms with E-state index in [9.17, 15) is 8.42 Å². The van der Waals surface area contributed by atoms with Crippen LogP contribution in [-0.2, 0) is 16.4 Å². The van der Waals surface area contributed by atoms with Crippen LogP contribution in [0.1, 0.15) is 11.1 Å². The van der Waals surface area contributed by atoms with Crippen molar-refractivity contribution in [3.8, 4) is 0 Å². The van der Waals surface area contributed by atoms with Crippen molar-refractivity contribution in [2.45, 2.75) is 6.42 Å². The zero-order valence-corrected chi connectivity index (χ0v) is 14.4. The molecule has 0 bridgehead atoms. The summed E-state index contributed by atoms with van der Waals surface area (Å²) in [5, 5.41) is 2.91. The lowest BCUT2D eigenvalue weighted by Gasteiger charge is -2.02. The Morgan fingerprint density at radius 2 is 1.83 bits per heavy atom. The molecule has 6 heteroatoms. The molecule has 0 saturated heterocycles. The summed E-state index contributed by atoms with van der Waals surface area (Å²) in [6, 6.07) is 14.9. The van der Waals surface area contributed by atoms with Crippen LogP contribution in [0.3, 0.4) is 0 Å². The van der Waals surface area contributed by atoms with Crippen molar-refractivity contribution in [3.05, 3.63) is 76.3 Å². The molecule has 1 aromatic heterocycles. The van der Waals surface area contributed by atoms with Gasteiger partial charge < -0.3 is 4.98 Å². The Morgan fingerprint density at radius 3 is 2.62 bits per heavy atom. The molecule has 2 aromatic carbocycles. The first-order chi connectivity index (χ1) is 11.5. The maximum atomic E-state index is 12.0. The minimum Gasteiger partial charge on any atom is -0.361 e. The van der Waals surface area contributed by atoms with Gasteiger partial charge in [0.15, 0.2) is 0 Å². The maximum Gasteiger partial charge on any atom is 0.233 e.